The molecule has 0 saturated carbocycles. The van der Waals surface area contributed by atoms with Gasteiger partial charge in [-0.05, 0) is 22.3 Å². The fourth-order valence-corrected chi connectivity index (χ4v) is 2.91. The van der Waals surface area contributed by atoms with Crippen molar-refractivity contribution in [1.82, 2.24) is 0 Å². The van der Waals surface area contributed by atoms with Gasteiger partial charge in [0.2, 0.25) is 0 Å². The molecule has 3 rings (SSSR count). The number of fused-ring (bicyclic) bond motifs is 1. The lowest BCUT2D eigenvalue weighted by molar-refractivity contribution is -0.384. The van der Waals surface area contributed by atoms with Crippen molar-refractivity contribution in [3.63, 3.8) is 0 Å². The molecule has 1 aliphatic heterocycles. The third-order valence-corrected chi connectivity index (χ3v) is 4.05. The molecule has 118 valence electrons. The van der Waals surface area contributed by atoms with Crippen molar-refractivity contribution in [2.24, 2.45) is 5.16 Å². The van der Waals surface area contributed by atoms with E-state index in [1.54, 1.807) is 6.07 Å². The summed E-state index contributed by atoms with van der Waals surface area (Å²) in [5.74, 6) is 0.178. The topological polar surface area (TPSA) is 74.0 Å². The molecule has 0 bridgehead atoms. The number of nitrogens with zero attached hydrogens (tertiary/aromatic N) is 2. The first-order valence-corrected chi connectivity index (χ1v) is 7.31. The Balaban J connectivity index is 2.10. The van der Waals surface area contributed by atoms with Crippen LogP contribution in [0.1, 0.15) is 28.2 Å². The molecular formula is C16H13ClN2O4. The van der Waals surface area contributed by atoms with Gasteiger partial charge >= 0.3 is 0 Å². The summed E-state index contributed by atoms with van der Waals surface area (Å²) in [6.07, 6.45) is -0.458. The predicted octanol–water partition coefficient (Wildman–Crippen LogP) is 3.95. The highest BCUT2D eigenvalue weighted by Crippen LogP contribution is 2.44. The van der Waals surface area contributed by atoms with Crippen molar-refractivity contribution in [3.05, 3.63) is 75.3 Å². The Morgan fingerprint density at radius 1 is 1.26 bits per heavy atom. The largest absolute Gasteiger partial charge is 0.465 e. The van der Waals surface area contributed by atoms with Gasteiger partial charge in [-0.3, -0.25) is 10.1 Å². The summed E-state index contributed by atoms with van der Waals surface area (Å²) < 4.78 is 5.86. The van der Waals surface area contributed by atoms with E-state index in [9.17, 15) is 10.1 Å². The van der Waals surface area contributed by atoms with Crippen LogP contribution in [-0.4, -0.2) is 17.9 Å². The third kappa shape index (κ3) is 2.85. The van der Waals surface area contributed by atoms with E-state index in [1.165, 1.54) is 19.2 Å². The average Bonchev–Trinajstić information content (AvgIpc) is 2.58. The van der Waals surface area contributed by atoms with Gasteiger partial charge < -0.3 is 9.57 Å². The molecule has 0 spiro atoms. The van der Waals surface area contributed by atoms with E-state index in [0.717, 1.165) is 5.56 Å². The van der Waals surface area contributed by atoms with Gasteiger partial charge in [-0.25, -0.2) is 0 Å². The van der Waals surface area contributed by atoms with Crippen LogP contribution in [0.15, 0.2) is 53.7 Å². The number of non-ortho nitro benzene ring substituents is 1. The van der Waals surface area contributed by atoms with Crippen molar-refractivity contribution in [2.45, 2.75) is 11.5 Å². The SMILES string of the molecule is CO/N=C1\O[C@H](c2ccccc2)[C@@H](Cl)c2ccc([N+](=O)[O-])cc21. The van der Waals surface area contributed by atoms with Gasteiger partial charge in [0, 0.05) is 12.1 Å². The number of benzene rings is 2. The Morgan fingerprint density at radius 3 is 2.65 bits per heavy atom. The van der Waals surface area contributed by atoms with E-state index in [2.05, 4.69) is 5.16 Å². The van der Waals surface area contributed by atoms with Gasteiger partial charge in [0.1, 0.15) is 18.6 Å². The summed E-state index contributed by atoms with van der Waals surface area (Å²) in [5.41, 5.74) is 2.01. The number of alkyl halides is 1. The lowest BCUT2D eigenvalue weighted by Crippen LogP contribution is -2.25. The van der Waals surface area contributed by atoms with Crippen molar-refractivity contribution in [1.29, 1.82) is 0 Å². The molecule has 0 aromatic heterocycles. The van der Waals surface area contributed by atoms with E-state index in [1.807, 2.05) is 30.3 Å². The maximum absolute atomic E-state index is 11.0. The zero-order chi connectivity index (χ0) is 16.4. The summed E-state index contributed by atoms with van der Waals surface area (Å²) in [5, 5.41) is 14.3. The first-order chi connectivity index (χ1) is 11.1. The molecule has 2 aromatic rings. The van der Waals surface area contributed by atoms with Crippen LogP contribution in [0.5, 0.6) is 0 Å². The summed E-state index contributed by atoms with van der Waals surface area (Å²) in [4.78, 5) is 15.3. The summed E-state index contributed by atoms with van der Waals surface area (Å²) in [7, 11) is 1.39. The molecule has 0 fully saturated rings. The minimum Gasteiger partial charge on any atom is -0.465 e. The number of rotatable bonds is 3. The Bertz CT molecular complexity index is 764. The number of halogens is 1. The Morgan fingerprint density at radius 2 is 2.00 bits per heavy atom. The number of nitro benzene ring substituents is 1. The van der Waals surface area contributed by atoms with Crippen LogP contribution in [0.3, 0.4) is 0 Å². The van der Waals surface area contributed by atoms with Gasteiger partial charge in [-0.1, -0.05) is 30.3 Å². The Hall–Kier alpha value is -2.60. The first kappa shape index (κ1) is 15.3. The summed E-state index contributed by atoms with van der Waals surface area (Å²) >= 11 is 6.55. The minimum atomic E-state index is -0.496. The normalized spacial score (nSPS) is 21.4. The molecular weight excluding hydrogens is 320 g/mol. The summed E-state index contributed by atoms with van der Waals surface area (Å²) in [6.45, 7) is 0. The molecule has 2 atom stereocenters. The second kappa shape index (κ2) is 6.26. The van der Waals surface area contributed by atoms with Crippen LogP contribution in [-0.2, 0) is 9.57 Å². The van der Waals surface area contributed by atoms with Crippen LogP contribution in [0.4, 0.5) is 5.69 Å². The molecule has 6 nitrogen and oxygen atoms in total. The van der Waals surface area contributed by atoms with E-state index >= 15 is 0 Å². The number of nitro groups is 1. The van der Waals surface area contributed by atoms with Crippen molar-refractivity contribution in [3.8, 4) is 0 Å². The molecule has 0 radical (unpaired) electrons. The fraction of sp³-hybridized carbons (Fsp3) is 0.188. The lowest BCUT2D eigenvalue weighted by atomic mass is 9.93. The van der Waals surface area contributed by atoms with E-state index < -0.39 is 16.4 Å². The second-order valence-corrected chi connectivity index (χ2v) is 5.43. The zero-order valence-electron chi connectivity index (χ0n) is 12.2. The van der Waals surface area contributed by atoms with Gasteiger partial charge in [0.15, 0.2) is 0 Å². The first-order valence-electron chi connectivity index (χ1n) is 6.87. The molecule has 2 aromatic carbocycles. The van der Waals surface area contributed by atoms with Gasteiger partial charge in [-0.15, -0.1) is 11.6 Å². The van der Waals surface area contributed by atoms with Crippen LogP contribution in [0.25, 0.3) is 0 Å². The highest BCUT2D eigenvalue weighted by atomic mass is 35.5. The highest BCUT2D eigenvalue weighted by Gasteiger charge is 2.35. The average molecular weight is 333 g/mol. The maximum atomic E-state index is 11.0. The van der Waals surface area contributed by atoms with Crippen LogP contribution < -0.4 is 0 Å². The van der Waals surface area contributed by atoms with Crippen LogP contribution in [0.2, 0.25) is 0 Å². The smallest absolute Gasteiger partial charge is 0.270 e. The number of ether oxygens (including phenoxy) is 1. The molecule has 0 amide bonds. The van der Waals surface area contributed by atoms with E-state index in [0.29, 0.717) is 11.1 Å². The molecule has 1 heterocycles. The zero-order valence-corrected chi connectivity index (χ0v) is 12.9. The Kier molecular flexibility index (Phi) is 4.16. The van der Waals surface area contributed by atoms with Crippen molar-refractivity contribution >= 4 is 23.2 Å². The maximum Gasteiger partial charge on any atom is 0.270 e. The highest BCUT2D eigenvalue weighted by molar-refractivity contribution is 6.22. The minimum absolute atomic E-state index is 0.0572. The molecule has 0 N–H and O–H groups in total. The van der Waals surface area contributed by atoms with Gasteiger partial charge in [0.05, 0.1) is 10.5 Å². The number of oxime groups is 1. The summed E-state index contributed by atoms with van der Waals surface area (Å²) in [6, 6.07) is 13.9. The fourth-order valence-electron chi connectivity index (χ4n) is 2.52. The molecule has 1 aliphatic rings. The molecule has 0 aliphatic carbocycles. The van der Waals surface area contributed by atoms with Crippen LogP contribution in [0, 0.1) is 10.1 Å². The molecule has 0 saturated heterocycles. The van der Waals surface area contributed by atoms with E-state index in [4.69, 9.17) is 21.2 Å². The van der Waals surface area contributed by atoms with E-state index in [-0.39, 0.29) is 11.6 Å². The van der Waals surface area contributed by atoms with Crippen molar-refractivity contribution < 1.29 is 14.5 Å². The lowest BCUT2D eigenvalue weighted by Gasteiger charge is -2.31. The second-order valence-electron chi connectivity index (χ2n) is 4.96. The molecule has 7 heteroatoms. The number of hydrogen-bond acceptors (Lipinski definition) is 5. The van der Waals surface area contributed by atoms with Crippen LogP contribution >= 0.6 is 11.6 Å². The monoisotopic (exact) mass is 332 g/mol. The third-order valence-electron chi connectivity index (χ3n) is 3.58. The van der Waals surface area contributed by atoms with Gasteiger partial charge in [-0.2, -0.15) is 0 Å². The molecule has 0 unspecified atom stereocenters. The standard InChI is InChI=1S/C16H13ClN2O4/c1-22-18-16-13-9-11(19(20)21)7-8-12(13)14(17)15(23-16)10-5-3-2-4-6-10/h2-9,14-15H,1H3/b18-16-/t14-,15+/m0/s1. The Labute approximate surface area is 137 Å². The van der Waals surface area contributed by atoms with Gasteiger partial charge in [0.25, 0.3) is 11.6 Å². The predicted molar refractivity (Wildman–Crippen MR) is 85.5 cm³/mol. The van der Waals surface area contributed by atoms with Crippen molar-refractivity contribution in [2.75, 3.05) is 7.11 Å². The quantitative estimate of drug-likeness (QED) is 0.484. The molecule has 23 heavy (non-hydrogen) atoms. The number of hydrogen-bond donors (Lipinski definition) is 0.